The van der Waals surface area contributed by atoms with Gasteiger partial charge in [0.05, 0.1) is 6.54 Å². The number of halogens is 1. The number of aromatic nitrogens is 1. The van der Waals surface area contributed by atoms with Crippen LogP contribution in [-0.2, 0) is 19.5 Å². The molecule has 0 aliphatic carbocycles. The molecule has 26 heavy (non-hydrogen) atoms. The quantitative estimate of drug-likeness (QED) is 0.356. The van der Waals surface area contributed by atoms with Crippen molar-refractivity contribution in [1.29, 1.82) is 0 Å². The fraction of sp³-hybridized carbons (Fsp3) is 0.400. The van der Waals surface area contributed by atoms with Crippen molar-refractivity contribution in [1.82, 2.24) is 20.5 Å². The van der Waals surface area contributed by atoms with E-state index in [0.717, 1.165) is 37.7 Å². The maximum Gasteiger partial charge on any atom is 0.191 e. The van der Waals surface area contributed by atoms with Gasteiger partial charge < -0.3 is 15.5 Å². The summed E-state index contributed by atoms with van der Waals surface area (Å²) in [7, 11) is 4.17. The molecule has 0 saturated carbocycles. The fourth-order valence-electron chi connectivity index (χ4n) is 2.57. The number of hydrogen-bond donors (Lipinski definition) is 2. The van der Waals surface area contributed by atoms with Crippen molar-refractivity contribution in [2.24, 2.45) is 4.99 Å². The highest BCUT2D eigenvalue weighted by atomic mass is 127. The molecule has 0 aliphatic rings. The van der Waals surface area contributed by atoms with Gasteiger partial charge in [0.15, 0.2) is 5.96 Å². The van der Waals surface area contributed by atoms with Crippen LogP contribution in [0.4, 0.5) is 0 Å². The van der Waals surface area contributed by atoms with E-state index in [2.05, 4.69) is 65.8 Å². The molecule has 1 heterocycles. The molecule has 5 nitrogen and oxygen atoms in total. The Balaban J connectivity index is 0.00000338. The number of pyridine rings is 1. The minimum absolute atomic E-state index is 0. The third-order valence-corrected chi connectivity index (χ3v) is 3.76. The molecular formula is C20H30IN5. The normalized spacial score (nSPS) is 11.2. The lowest BCUT2D eigenvalue weighted by molar-refractivity contribution is 0.401. The zero-order valence-corrected chi connectivity index (χ0v) is 18.2. The second-order valence-corrected chi connectivity index (χ2v) is 6.20. The van der Waals surface area contributed by atoms with Crippen LogP contribution in [0.1, 0.15) is 23.7 Å². The van der Waals surface area contributed by atoms with Gasteiger partial charge in [-0.2, -0.15) is 0 Å². The molecule has 0 spiro atoms. The van der Waals surface area contributed by atoms with Crippen LogP contribution in [0.2, 0.25) is 0 Å². The van der Waals surface area contributed by atoms with Crippen molar-refractivity contribution < 1.29 is 0 Å². The van der Waals surface area contributed by atoms with Gasteiger partial charge >= 0.3 is 0 Å². The van der Waals surface area contributed by atoms with Gasteiger partial charge in [0.2, 0.25) is 0 Å². The zero-order chi connectivity index (χ0) is 17.9. The zero-order valence-electron chi connectivity index (χ0n) is 15.9. The standard InChI is InChI=1S/C20H29N5.HI/c1-4-21-20(23-14-12-19-11-7-8-13-22-19)24-15-17-9-5-6-10-18(17)16-25(2)3;/h5-11,13H,4,12,14-16H2,1-3H3,(H2,21,23,24);1H. The van der Waals surface area contributed by atoms with E-state index in [-0.39, 0.29) is 24.0 Å². The smallest absolute Gasteiger partial charge is 0.191 e. The minimum atomic E-state index is 0. The number of nitrogens with one attached hydrogen (secondary N) is 2. The topological polar surface area (TPSA) is 52.6 Å². The molecule has 0 fully saturated rings. The first-order valence-electron chi connectivity index (χ1n) is 8.82. The minimum Gasteiger partial charge on any atom is -0.357 e. The Kier molecular flexibility index (Phi) is 10.9. The predicted octanol–water partition coefficient (Wildman–Crippen LogP) is 3.06. The van der Waals surface area contributed by atoms with Crippen molar-refractivity contribution in [3.63, 3.8) is 0 Å². The molecule has 6 heteroatoms. The van der Waals surface area contributed by atoms with Gasteiger partial charge in [-0.3, -0.25) is 4.98 Å². The van der Waals surface area contributed by atoms with Crippen LogP contribution in [0.3, 0.4) is 0 Å². The van der Waals surface area contributed by atoms with E-state index in [1.807, 2.05) is 24.4 Å². The van der Waals surface area contributed by atoms with Gasteiger partial charge in [0, 0.05) is 37.9 Å². The molecule has 0 unspecified atom stereocenters. The maximum absolute atomic E-state index is 4.74. The van der Waals surface area contributed by atoms with Crippen molar-refractivity contribution in [3.05, 3.63) is 65.5 Å². The summed E-state index contributed by atoms with van der Waals surface area (Å²) in [5, 5.41) is 6.70. The first-order valence-corrected chi connectivity index (χ1v) is 8.82. The fourth-order valence-corrected chi connectivity index (χ4v) is 2.57. The number of benzene rings is 1. The molecule has 2 aromatic rings. The summed E-state index contributed by atoms with van der Waals surface area (Å²) in [5.41, 5.74) is 3.67. The van der Waals surface area contributed by atoms with Gasteiger partial charge in [-0.05, 0) is 44.3 Å². The van der Waals surface area contributed by atoms with Gasteiger partial charge in [-0.15, -0.1) is 24.0 Å². The lowest BCUT2D eigenvalue weighted by Gasteiger charge is -2.14. The van der Waals surface area contributed by atoms with E-state index in [4.69, 9.17) is 4.99 Å². The van der Waals surface area contributed by atoms with Gasteiger partial charge in [0.1, 0.15) is 0 Å². The molecule has 0 radical (unpaired) electrons. The molecule has 0 saturated heterocycles. The molecule has 2 N–H and O–H groups in total. The summed E-state index contributed by atoms with van der Waals surface area (Å²) in [5.74, 6) is 0.845. The largest absolute Gasteiger partial charge is 0.357 e. The highest BCUT2D eigenvalue weighted by Crippen LogP contribution is 2.11. The number of hydrogen-bond acceptors (Lipinski definition) is 3. The predicted molar refractivity (Wildman–Crippen MR) is 120 cm³/mol. The second kappa shape index (κ2) is 12.6. The first kappa shape index (κ1) is 22.4. The van der Waals surface area contributed by atoms with Crippen LogP contribution in [0, 0.1) is 0 Å². The van der Waals surface area contributed by atoms with Crippen LogP contribution in [-0.4, -0.2) is 43.0 Å². The second-order valence-electron chi connectivity index (χ2n) is 6.20. The lowest BCUT2D eigenvalue weighted by Crippen LogP contribution is -2.38. The lowest BCUT2D eigenvalue weighted by atomic mass is 10.1. The van der Waals surface area contributed by atoms with Crippen LogP contribution in [0.15, 0.2) is 53.7 Å². The summed E-state index contributed by atoms with van der Waals surface area (Å²) in [6.07, 6.45) is 2.71. The number of rotatable bonds is 8. The van der Waals surface area contributed by atoms with Crippen LogP contribution >= 0.6 is 24.0 Å². The van der Waals surface area contributed by atoms with Crippen molar-refractivity contribution in [2.45, 2.75) is 26.4 Å². The summed E-state index contributed by atoms with van der Waals surface area (Å²) in [4.78, 5) is 11.3. The van der Waals surface area contributed by atoms with E-state index in [1.54, 1.807) is 0 Å². The Morgan fingerprint density at radius 2 is 1.77 bits per heavy atom. The van der Waals surface area contributed by atoms with E-state index in [0.29, 0.717) is 6.54 Å². The first-order chi connectivity index (χ1) is 12.2. The van der Waals surface area contributed by atoms with Gasteiger partial charge in [0.25, 0.3) is 0 Å². The van der Waals surface area contributed by atoms with Gasteiger partial charge in [-0.25, -0.2) is 4.99 Å². The van der Waals surface area contributed by atoms with Crippen molar-refractivity contribution in [3.8, 4) is 0 Å². The third-order valence-electron chi connectivity index (χ3n) is 3.76. The third kappa shape index (κ3) is 8.14. The Morgan fingerprint density at radius 1 is 1.04 bits per heavy atom. The average molecular weight is 467 g/mol. The summed E-state index contributed by atoms with van der Waals surface area (Å²) >= 11 is 0. The average Bonchev–Trinajstić information content (AvgIpc) is 2.61. The monoisotopic (exact) mass is 467 g/mol. The van der Waals surface area contributed by atoms with Crippen molar-refractivity contribution in [2.75, 3.05) is 27.2 Å². The van der Waals surface area contributed by atoms with Crippen LogP contribution in [0.5, 0.6) is 0 Å². The molecule has 0 amide bonds. The molecular weight excluding hydrogens is 437 g/mol. The SMILES string of the molecule is CCNC(=NCc1ccccc1CN(C)C)NCCc1ccccn1.I. The highest BCUT2D eigenvalue weighted by molar-refractivity contribution is 14.0. The number of nitrogens with zero attached hydrogens (tertiary/aromatic N) is 3. The van der Waals surface area contributed by atoms with E-state index in [1.165, 1.54) is 11.1 Å². The van der Waals surface area contributed by atoms with E-state index < -0.39 is 0 Å². The summed E-state index contributed by atoms with van der Waals surface area (Å²) in [6.45, 7) is 5.32. The number of guanidine groups is 1. The molecule has 0 aliphatic heterocycles. The van der Waals surface area contributed by atoms with Crippen molar-refractivity contribution >= 4 is 29.9 Å². The Morgan fingerprint density at radius 3 is 2.42 bits per heavy atom. The van der Waals surface area contributed by atoms with Gasteiger partial charge in [-0.1, -0.05) is 30.3 Å². The molecule has 2 rings (SSSR count). The Hall–Kier alpha value is -1.67. The number of aliphatic imine (C=N–C) groups is 1. The molecule has 0 atom stereocenters. The van der Waals surface area contributed by atoms with E-state index in [9.17, 15) is 0 Å². The Labute approximate surface area is 174 Å². The highest BCUT2D eigenvalue weighted by Gasteiger charge is 2.04. The molecule has 1 aromatic carbocycles. The maximum atomic E-state index is 4.74. The summed E-state index contributed by atoms with van der Waals surface area (Å²) in [6, 6.07) is 14.5. The molecule has 142 valence electrons. The molecule has 1 aromatic heterocycles. The van der Waals surface area contributed by atoms with Crippen LogP contribution < -0.4 is 10.6 Å². The van der Waals surface area contributed by atoms with E-state index >= 15 is 0 Å². The Bertz CT molecular complexity index is 658. The summed E-state index contributed by atoms with van der Waals surface area (Å²) < 4.78 is 0. The van der Waals surface area contributed by atoms with Crippen LogP contribution in [0.25, 0.3) is 0 Å². The molecule has 0 bridgehead atoms.